The zero-order chi connectivity index (χ0) is 16.7. The molecule has 3 atom stereocenters. The molecule has 3 fully saturated rings. The number of carbonyl (C=O) groups excluding carboxylic acids is 1. The van der Waals surface area contributed by atoms with Gasteiger partial charge in [-0.1, -0.05) is 6.42 Å². The molecule has 4 nitrogen and oxygen atoms in total. The first-order valence-corrected chi connectivity index (χ1v) is 9.49. The molecule has 0 aromatic heterocycles. The summed E-state index contributed by atoms with van der Waals surface area (Å²) in [6.07, 6.45) is 7.01. The van der Waals surface area contributed by atoms with Gasteiger partial charge in [0.2, 0.25) is 5.91 Å². The van der Waals surface area contributed by atoms with Crippen molar-refractivity contribution in [2.45, 2.75) is 51.5 Å². The van der Waals surface area contributed by atoms with Gasteiger partial charge in [-0.25, -0.2) is 0 Å². The number of carbonyl (C=O) groups is 1. The summed E-state index contributed by atoms with van der Waals surface area (Å²) in [6, 6.07) is 6.67. The van der Waals surface area contributed by atoms with Gasteiger partial charge in [0.15, 0.2) is 5.11 Å². The zero-order valence-electron chi connectivity index (χ0n) is 14.2. The van der Waals surface area contributed by atoms with Crippen molar-refractivity contribution < 1.29 is 4.79 Å². The molecule has 4 rings (SSSR count). The van der Waals surface area contributed by atoms with Crippen LogP contribution in [0.4, 0.5) is 11.4 Å². The van der Waals surface area contributed by atoms with Crippen LogP contribution < -0.4 is 15.5 Å². The molecule has 2 N–H and O–H groups in total. The number of rotatable bonds is 3. The number of hydrogen-bond acceptors (Lipinski definition) is 2. The Morgan fingerprint density at radius 1 is 1.29 bits per heavy atom. The molecule has 1 amide bonds. The van der Waals surface area contributed by atoms with Crippen molar-refractivity contribution in [3.63, 3.8) is 0 Å². The SMILES string of the molecule is Cc1cc(NC(=S)N[C@H]2C[C@H]3CC[C@@H]2C3)ccc1N1CCCC1=O. The van der Waals surface area contributed by atoms with Gasteiger partial charge in [-0.15, -0.1) is 0 Å². The number of amides is 1. The predicted octanol–water partition coefficient (Wildman–Crippen LogP) is 3.60. The van der Waals surface area contributed by atoms with Crippen LogP contribution in [0.1, 0.15) is 44.1 Å². The Bertz CT molecular complexity index is 675. The van der Waals surface area contributed by atoms with Gasteiger partial charge in [0.05, 0.1) is 0 Å². The van der Waals surface area contributed by atoms with Gasteiger partial charge in [0.25, 0.3) is 0 Å². The number of thiocarbonyl (C=S) groups is 1. The average Bonchev–Trinajstić information content (AvgIpc) is 3.24. The Morgan fingerprint density at radius 2 is 2.17 bits per heavy atom. The lowest BCUT2D eigenvalue weighted by atomic mass is 9.95. The molecule has 0 radical (unpaired) electrons. The summed E-state index contributed by atoms with van der Waals surface area (Å²) in [5, 5.41) is 7.55. The fourth-order valence-electron chi connectivity index (χ4n) is 4.70. The van der Waals surface area contributed by atoms with Crippen LogP contribution >= 0.6 is 12.2 Å². The number of nitrogens with one attached hydrogen (secondary N) is 2. The van der Waals surface area contributed by atoms with Crippen LogP contribution in [0.25, 0.3) is 0 Å². The van der Waals surface area contributed by atoms with E-state index in [-0.39, 0.29) is 5.91 Å². The van der Waals surface area contributed by atoms with Gasteiger partial charge in [-0.05, 0) is 80.4 Å². The van der Waals surface area contributed by atoms with Crippen LogP contribution in [0.15, 0.2) is 18.2 Å². The molecule has 2 saturated carbocycles. The molecular formula is C19H25N3OS. The predicted molar refractivity (Wildman–Crippen MR) is 101 cm³/mol. The fourth-order valence-corrected chi connectivity index (χ4v) is 4.97. The number of anilines is 2. The third-order valence-electron chi connectivity index (χ3n) is 5.87. The van der Waals surface area contributed by atoms with Gasteiger partial charge in [0.1, 0.15) is 0 Å². The molecule has 5 heteroatoms. The molecule has 1 heterocycles. The van der Waals surface area contributed by atoms with Crippen LogP contribution in [-0.2, 0) is 4.79 Å². The largest absolute Gasteiger partial charge is 0.359 e. The summed E-state index contributed by atoms with van der Waals surface area (Å²) in [5.74, 6) is 1.95. The fraction of sp³-hybridized carbons (Fsp3) is 0.579. The summed E-state index contributed by atoms with van der Waals surface area (Å²) in [6.45, 7) is 2.88. The first-order chi connectivity index (χ1) is 11.6. The summed E-state index contributed by atoms with van der Waals surface area (Å²) in [7, 11) is 0. The van der Waals surface area contributed by atoms with Crippen LogP contribution in [0, 0.1) is 18.8 Å². The second-order valence-corrected chi connectivity index (χ2v) is 7.94. The molecule has 3 aliphatic rings. The smallest absolute Gasteiger partial charge is 0.227 e. The Kier molecular flexibility index (Phi) is 4.21. The number of hydrogen-bond donors (Lipinski definition) is 2. The minimum absolute atomic E-state index is 0.229. The molecule has 1 aliphatic heterocycles. The van der Waals surface area contributed by atoms with Crippen molar-refractivity contribution in [1.82, 2.24) is 5.32 Å². The highest BCUT2D eigenvalue weighted by atomic mass is 32.1. The Labute approximate surface area is 149 Å². The number of fused-ring (bicyclic) bond motifs is 2. The highest BCUT2D eigenvalue weighted by Gasteiger charge is 2.39. The van der Waals surface area contributed by atoms with E-state index < -0.39 is 0 Å². The van der Waals surface area contributed by atoms with E-state index in [9.17, 15) is 4.79 Å². The lowest BCUT2D eigenvalue weighted by molar-refractivity contribution is -0.117. The van der Waals surface area contributed by atoms with Crippen molar-refractivity contribution in [1.29, 1.82) is 0 Å². The van der Waals surface area contributed by atoms with Gasteiger partial charge >= 0.3 is 0 Å². The van der Waals surface area contributed by atoms with E-state index in [0.29, 0.717) is 12.5 Å². The van der Waals surface area contributed by atoms with Crippen molar-refractivity contribution in [3.05, 3.63) is 23.8 Å². The quantitative estimate of drug-likeness (QED) is 0.823. The lowest BCUT2D eigenvalue weighted by Crippen LogP contribution is -2.40. The molecule has 1 aromatic rings. The second kappa shape index (κ2) is 6.36. The molecule has 1 aromatic carbocycles. The van der Waals surface area contributed by atoms with E-state index in [4.69, 9.17) is 12.2 Å². The maximum atomic E-state index is 11.9. The van der Waals surface area contributed by atoms with E-state index >= 15 is 0 Å². The van der Waals surface area contributed by atoms with E-state index in [1.165, 1.54) is 25.7 Å². The third kappa shape index (κ3) is 3.02. The second-order valence-electron chi connectivity index (χ2n) is 7.53. The van der Waals surface area contributed by atoms with Crippen LogP contribution in [0.3, 0.4) is 0 Å². The van der Waals surface area contributed by atoms with Crippen molar-refractivity contribution in [2.24, 2.45) is 11.8 Å². The summed E-state index contributed by atoms with van der Waals surface area (Å²) in [5.41, 5.74) is 3.12. The van der Waals surface area contributed by atoms with Crippen LogP contribution in [0.5, 0.6) is 0 Å². The first-order valence-electron chi connectivity index (χ1n) is 9.08. The monoisotopic (exact) mass is 343 g/mol. The standard InChI is InChI=1S/C19H25N3OS/c1-12-9-15(6-7-17(12)22-8-2-3-18(22)23)20-19(24)21-16-11-13-4-5-14(16)10-13/h6-7,9,13-14,16H,2-5,8,10-11H2,1H3,(H2,20,21,24)/t13-,14+,16-/m0/s1. The van der Waals surface area contributed by atoms with Crippen LogP contribution in [0.2, 0.25) is 0 Å². The van der Waals surface area contributed by atoms with Gasteiger partial charge < -0.3 is 15.5 Å². The van der Waals surface area contributed by atoms with Crippen molar-refractivity contribution in [3.8, 4) is 0 Å². The van der Waals surface area contributed by atoms with E-state index in [1.54, 1.807) is 0 Å². The number of benzene rings is 1. The molecule has 24 heavy (non-hydrogen) atoms. The Hall–Kier alpha value is -1.62. The molecular weight excluding hydrogens is 318 g/mol. The first kappa shape index (κ1) is 15.9. The molecule has 0 unspecified atom stereocenters. The van der Waals surface area contributed by atoms with E-state index in [2.05, 4.69) is 23.6 Å². The maximum Gasteiger partial charge on any atom is 0.227 e. The molecule has 1 saturated heterocycles. The van der Waals surface area contributed by atoms with Crippen LogP contribution in [-0.4, -0.2) is 23.6 Å². The Morgan fingerprint density at radius 3 is 2.79 bits per heavy atom. The summed E-state index contributed by atoms with van der Waals surface area (Å²) >= 11 is 5.50. The Balaban J connectivity index is 1.38. The zero-order valence-corrected chi connectivity index (χ0v) is 15.0. The number of nitrogens with zero attached hydrogens (tertiary/aromatic N) is 1. The van der Waals surface area contributed by atoms with Gasteiger partial charge in [-0.2, -0.15) is 0 Å². The highest BCUT2D eigenvalue weighted by Crippen LogP contribution is 2.44. The highest BCUT2D eigenvalue weighted by molar-refractivity contribution is 7.80. The maximum absolute atomic E-state index is 11.9. The topological polar surface area (TPSA) is 44.4 Å². The minimum atomic E-state index is 0.229. The van der Waals surface area contributed by atoms with Gasteiger partial charge in [0, 0.05) is 30.4 Å². The summed E-state index contributed by atoms with van der Waals surface area (Å²) in [4.78, 5) is 13.8. The van der Waals surface area contributed by atoms with Crippen molar-refractivity contribution in [2.75, 3.05) is 16.8 Å². The molecule has 2 bridgehead atoms. The minimum Gasteiger partial charge on any atom is -0.359 e. The van der Waals surface area contributed by atoms with Crippen molar-refractivity contribution >= 4 is 34.6 Å². The average molecular weight is 343 g/mol. The van der Waals surface area contributed by atoms with E-state index in [1.807, 2.05) is 17.0 Å². The lowest BCUT2D eigenvalue weighted by Gasteiger charge is -2.25. The number of aryl methyl sites for hydroxylation is 1. The third-order valence-corrected chi connectivity index (χ3v) is 6.09. The molecule has 128 valence electrons. The van der Waals surface area contributed by atoms with Gasteiger partial charge in [-0.3, -0.25) is 4.79 Å². The molecule has 2 aliphatic carbocycles. The normalized spacial score (nSPS) is 28.5. The summed E-state index contributed by atoms with van der Waals surface area (Å²) < 4.78 is 0. The van der Waals surface area contributed by atoms with E-state index in [0.717, 1.165) is 46.9 Å². The molecule has 0 spiro atoms.